The van der Waals surface area contributed by atoms with Gasteiger partial charge in [-0.05, 0) is 48.7 Å². The fraction of sp³-hybridized carbons (Fsp3) is 0.286. The first-order valence-corrected chi connectivity index (χ1v) is 9.62. The van der Waals surface area contributed by atoms with Crippen LogP contribution in [-0.2, 0) is 7.05 Å². The smallest absolute Gasteiger partial charge is 0.406 e. The van der Waals surface area contributed by atoms with Gasteiger partial charge in [-0.25, -0.2) is 9.67 Å². The largest absolute Gasteiger partial charge is 0.573 e. The molecule has 0 radical (unpaired) electrons. The number of aromatic nitrogens is 5. The van der Waals surface area contributed by atoms with Crippen molar-refractivity contribution < 1.29 is 17.9 Å². The second-order valence-electron chi connectivity index (χ2n) is 7.43. The second kappa shape index (κ2) is 6.86. The summed E-state index contributed by atoms with van der Waals surface area (Å²) in [4.78, 5) is 4.56. The van der Waals surface area contributed by atoms with Crippen LogP contribution >= 0.6 is 0 Å². The van der Waals surface area contributed by atoms with E-state index < -0.39 is 6.36 Å². The van der Waals surface area contributed by atoms with Crippen molar-refractivity contribution in [3.63, 3.8) is 0 Å². The lowest BCUT2D eigenvalue weighted by molar-refractivity contribution is -0.274. The van der Waals surface area contributed by atoms with Crippen molar-refractivity contribution in [3.8, 4) is 22.6 Å². The molecule has 0 unspecified atom stereocenters. The molecule has 1 aliphatic rings. The lowest BCUT2D eigenvalue weighted by Crippen LogP contribution is -2.17. The number of ether oxygens (including phenoxy) is 1. The Balaban J connectivity index is 1.64. The predicted molar refractivity (Wildman–Crippen MR) is 104 cm³/mol. The van der Waals surface area contributed by atoms with Gasteiger partial charge in [0.05, 0.1) is 23.0 Å². The Morgan fingerprint density at radius 1 is 1.10 bits per heavy atom. The number of halogens is 3. The summed E-state index contributed by atoms with van der Waals surface area (Å²) in [5, 5.41) is 10.1. The van der Waals surface area contributed by atoms with Crippen molar-refractivity contribution in [2.24, 2.45) is 7.05 Å². The zero-order valence-electron chi connectivity index (χ0n) is 16.1. The summed E-state index contributed by atoms with van der Waals surface area (Å²) >= 11 is 0. The lowest BCUT2D eigenvalue weighted by Gasteiger charge is -2.24. The lowest BCUT2D eigenvalue weighted by atomic mass is 9.81. The first-order valence-electron chi connectivity index (χ1n) is 9.62. The van der Waals surface area contributed by atoms with Crippen molar-refractivity contribution in [1.29, 1.82) is 0 Å². The number of nitrogens with zero attached hydrogens (tertiary/aromatic N) is 5. The highest BCUT2D eigenvalue weighted by molar-refractivity contribution is 5.95. The molecule has 3 aromatic heterocycles. The van der Waals surface area contributed by atoms with E-state index in [1.54, 1.807) is 33.9 Å². The Morgan fingerprint density at radius 3 is 2.47 bits per heavy atom. The maximum atomic E-state index is 12.5. The van der Waals surface area contributed by atoms with E-state index in [2.05, 4.69) is 14.8 Å². The molecular formula is C21H18F3N5O. The fourth-order valence-electron chi connectivity index (χ4n) is 3.81. The van der Waals surface area contributed by atoms with Gasteiger partial charge in [0, 0.05) is 30.9 Å². The van der Waals surface area contributed by atoms with Gasteiger partial charge >= 0.3 is 6.36 Å². The van der Waals surface area contributed by atoms with Crippen LogP contribution in [0.15, 0.2) is 48.9 Å². The molecule has 1 aliphatic carbocycles. The summed E-state index contributed by atoms with van der Waals surface area (Å²) in [6, 6.07) is 7.62. The predicted octanol–water partition coefficient (Wildman–Crippen LogP) is 4.99. The third kappa shape index (κ3) is 3.30. The number of hydrogen-bond donors (Lipinski definition) is 0. The van der Waals surface area contributed by atoms with E-state index in [0.717, 1.165) is 41.5 Å². The van der Waals surface area contributed by atoms with Crippen LogP contribution in [0.2, 0.25) is 0 Å². The molecule has 3 heterocycles. The average molecular weight is 413 g/mol. The normalized spacial score (nSPS) is 14.8. The molecule has 4 aromatic rings. The first kappa shape index (κ1) is 18.7. The van der Waals surface area contributed by atoms with Crippen LogP contribution < -0.4 is 4.74 Å². The first-order chi connectivity index (χ1) is 14.4. The van der Waals surface area contributed by atoms with Gasteiger partial charge in [0.15, 0.2) is 5.65 Å². The van der Waals surface area contributed by atoms with Gasteiger partial charge in [-0.1, -0.05) is 6.42 Å². The Bertz CT molecular complexity index is 1210. The Labute approximate surface area is 169 Å². The molecule has 9 heteroatoms. The maximum Gasteiger partial charge on any atom is 0.573 e. The number of fused-ring (bicyclic) bond motifs is 1. The molecule has 30 heavy (non-hydrogen) atoms. The van der Waals surface area contributed by atoms with Gasteiger partial charge in [0.25, 0.3) is 0 Å². The van der Waals surface area contributed by atoms with E-state index >= 15 is 0 Å². The van der Waals surface area contributed by atoms with Crippen molar-refractivity contribution in [3.05, 3.63) is 54.6 Å². The topological polar surface area (TPSA) is 57.8 Å². The fourth-order valence-corrected chi connectivity index (χ4v) is 3.81. The minimum atomic E-state index is -4.72. The number of rotatable bonds is 4. The van der Waals surface area contributed by atoms with E-state index in [1.807, 2.05) is 19.3 Å². The Kier molecular flexibility index (Phi) is 4.27. The molecule has 5 rings (SSSR count). The Hall–Kier alpha value is -3.36. The highest BCUT2D eigenvalue weighted by Gasteiger charge is 2.31. The highest BCUT2D eigenvalue weighted by Crippen LogP contribution is 2.42. The summed E-state index contributed by atoms with van der Waals surface area (Å²) in [6.45, 7) is 0. The van der Waals surface area contributed by atoms with Gasteiger partial charge in [-0.15, -0.1) is 13.2 Å². The van der Waals surface area contributed by atoms with Crippen molar-refractivity contribution in [2.75, 3.05) is 0 Å². The van der Waals surface area contributed by atoms with Crippen LogP contribution in [0.1, 0.15) is 30.9 Å². The van der Waals surface area contributed by atoms with E-state index in [4.69, 9.17) is 5.10 Å². The molecule has 0 aliphatic heterocycles. The van der Waals surface area contributed by atoms with E-state index in [0.29, 0.717) is 17.3 Å². The van der Waals surface area contributed by atoms with Crippen molar-refractivity contribution in [1.82, 2.24) is 24.5 Å². The molecular weight excluding hydrogens is 395 g/mol. The second-order valence-corrected chi connectivity index (χ2v) is 7.43. The van der Waals surface area contributed by atoms with Crippen LogP contribution in [0.4, 0.5) is 13.2 Å². The van der Waals surface area contributed by atoms with E-state index in [1.165, 1.54) is 12.1 Å². The minimum absolute atomic E-state index is 0.272. The Morgan fingerprint density at radius 2 is 1.87 bits per heavy atom. The summed E-state index contributed by atoms with van der Waals surface area (Å²) < 4.78 is 44.8. The summed E-state index contributed by atoms with van der Waals surface area (Å²) in [7, 11) is 1.86. The molecule has 0 bridgehead atoms. The molecule has 0 saturated heterocycles. The zero-order valence-corrected chi connectivity index (χ0v) is 16.1. The summed E-state index contributed by atoms with van der Waals surface area (Å²) in [5.41, 5.74) is 4.23. The third-order valence-electron chi connectivity index (χ3n) is 5.42. The molecule has 0 spiro atoms. The highest BCUT2D eigenvalue weighted by atomic mass is 19.4. The number of pyridine rings is 1. The molecule has 0 atom stereocenters. The quantitative estimate of drug-likeness (QED) is 0.473. The van der Waals surface area contributed by atoms with Crippen LogP contribution in [0.25, 0.3) is 27.8 Å². The van der Waals surface area contributed by atoms with Crippen LogP contribution in [0.3, 0.4) is 0 Å². The third-order valence-corrected chi connectivity index (χ3v) is 5.42. The van der Waals surface area contributed by atoms with Crippen LogP contribution in [-0.4, -0.2) is 30.9 Å². The standard InChI is InChI=1S/C21H18F3N5O/c1-28-12-14(11-26-28)17-9-10-25-20-18(17)19(13-3-2-4-13)27-29(20)15-5-7-16(8-6-15)30-21(22,23)24/h5-13H,2-4H2,1H3. The minimum Gasteiger partial charge on any atom is -0.406 e. The molecule has 0 amide bonds. The zero-order chi connectivity index (χ0) is 20.9. The number of aryl methyl sites for hydroxylation is 1. The van der Waals surface area contributed by atoms with E-state index in [-0.39, 0.29) is 5.75 Å². The van der Waals surface area contributed by atoms with Crippen LogP contribution in [0.5, 0.6) is 5.75 Å². The molecule has 1 aromatic carbocycles. The monoisotopic (exact) mass is 413 g/mol. The van der Waals surface area contributed by atoms with Gasteiger partial charge < -0.3 is 4.74 Å². The number of hydrogen-bond acceptors (Lipinski definition) is 4. The van der Waals surface area contributed by atoms with Crippen LogP contribution in [0, 0.1) is 0 Å². The number of benzene rings is 1. The SMILES string of the molecule is Cn1cc(-c2ccnc3c2c(C2CCC2)nn3-c2ccc(OC(F)(F)F)cc2)cn1. The number of alkyl halides is 3. The van der Waals surface area contributed by atoms with Crippen molar-refractivity contribution in [2.45, 2.75) is 31.5 Å². The molecule has 6 nitrogen and oxygen atoms in total. The summed E-state index contributed by atoms with van der Waals surface area (Å²) in [5.74, 6) is 0.0761. The van der Waals surface area contributed by atoms with Crippen molar-refractivity contribution >= 4 is 11.0 Å². The molecule has 1 fully saturated rings. The van der Waals surface area contributed by atoms with Gasteiger partial charge in [-0.3, -0.25) is 4.68 Å². The van der Waals surface area contributed by atoms with Gasteiger partial charge in [0.2, 0.25) is 0 Å². The van der Waals surface area contributed by atoms with Gasteiger partial charge in [-0.2, -0.15) is 10.2 Å². The maximum absolute atomic E-state index is 12.5. The molecule has 1 saturated carbocycles. The van der Waals surface area contributed by atoms with Gasteiger partial charge in [0.1, 0.15) is 5.75 Å². The average Bonchev–Trinajstić information content (AvgIpc) is 3.24. The summed E-state index contributed by atoms with van der Waals surface area (Å²) in [6.07, 6.45) is 4.02. The molecule has 0 N–H and O–H groups in total. The van der Waals surface area contributed by atoms with E-state index in [9.17, 15) is 13.2 Å². The molecule has 154 valence electrons.